The SMILES string of the molecule is NCCOC1CCN(S(=O)(=O)CCc2ccccc2)CC1. The molecular weight excluding hydrogens is 288 g/mol. The number of sulfonamides is 1. The largest absolute Gasteiger partial charge is 0.377 e. The lowest BCUT2D eigenvalue weighted by molar-refractivity contribution is 0.0257. The summed E-state index contributed by atoms with van der Waals surface area (Å²) < 4.78 is 31.9. The molecule has 0 spiro atoms. The van der Waals surface area contributed by atoms with Crippen LogP contribution >= 0.6 is 0 Å². The highest BCUT2D eigenvalue weighted by Crippen LogP contribution is 2.17. The summed E-state index contributed by atoms with van der Waals surface area (Å²) in [4.78, 5) is 0. The molecule has 0 atom stereocenters. The highest BCUT2D eigenvalue weighted by atomic mass is 32.2. The van der Waals surface area contributed by atoms with Crippen molar-refractivity contribution in [1.29, 1.82) is 0 Å². The van der Waals surface area contributed by atoms with Crippen LogP contribution in [0.15, 0.2) is 30.3 Å². The zero-order valence-electron chi connectivity index (χ0n) is 12.3. The van der Waals surface area contributed by atoms with Gasteiger partial charge in [0.05, 0.1) is 18.5 Å². The van der Waals surface area contributed by atoms with Crippen molar-refractivity contribution in [2.75, 3.05) is 32.0 Å². The molecule has 1 aromatic rings. The number of benzene rings is 1. The number of rotatable bonds is 7. The first-order valence-electron chi connectivity index (χ1n) is 7.45. The Morgan fingerprint density at radius 3 is 2.48 bits per heavy atom. The molecule has 0 aromatic heterocycles. The van der Waals surface area contributed by atoms with Crippen LogP contribution in [0.1, 0.15) is 18.4 Å². The van der Waals surface area contributed by atoms with Crippen molar-refractivity contribution >= 4 is 10.0 Å². The molecule has 0 bridgehead atoms. The molecule has 1 aliphatic heterocycles. The molecule has 1 heterocycles. The zero-order valence-corrected chi connectivity index (χ0v) is 13.1. The minimum atomic E-state index is -3.17. The van der Waals surface area contributed by atoms with Gasteiger partial charge in [0.25, 0.3) is 0 Å². The van der Waals surface area contributed by atoms with Crippen molar-refractivity contribution < 1.29 is 13.2 Å². The smallest absolute Gasteiger partial charge is 0.214 e. The van der Waals surface area contributed by atoms with Crippen LogP contribution in [0.25, 0.3) is 0 Å². The van der Waals surface area contributed by atoms with Crippen molar-refractivity contribution in [2.24, 2.45) is 5.73 Å². The number of aryl methyl sites for hydroxylation is 1. The molecule has 2 N–H and O–H groups in total. The van der Waals surface area contributed by atoms with Crippen LogP contribution in [-0.4, -0.2) is 50.8 Å². The van der Waals surface area contributed by atoms with Gasteiger partial charge in [0, 0.05) is 19.6 Å². The van der Waals surface area contributed by atoms with E-state index in [1.54, 1.807) is 4.31 Å². The molecule has 1 fully saturated rings. The first-order chi connectivity index (χ1) is 10.1. The molecule has 5 nitrogen and oxygen atoms in total. The van der Waals surface area contributed by atoms with Gasteiger partial charge < -0.3 is 10.5 Å². The lowest BCUT2D eigenvalue weighted by Gasteiger charge is -2.31. The Hall–Kier alpha value is -0.950. The van der Waals surface area contributed by atoms with E-state index in [2.05, 4.69) is 0 Å². The van der Waals surface area contributed by atoms with Gasteiger partial charge in [-0.15, -0.1) is 0 Å². The number of hydrogen-bond acceptors (Lipinski definition) is 4. The standard InChI is InChI=1S/C15H24N2O3S/c16-9-12-20-15-6-10-17(11-7-15)21(18,19)13-8-14-4-2-1-3-5-14/h1-5,15H,6-13,16H2. The summed E-state index contributed by atoms with van der Waals surface area (Å²) in [6.07, 6.45) is 2.22. The Kier molecular flexibility index (Phi) is 6.17. The molecule has 0 unspecified atom stereocenters. The maximum absolute atomic E-state index is 12.3. The summed E-state index contributed by atoms with van der Waals surface area (Å²) in [5, 5.41) is 0. The highest BCUT2D eigenvalue weighted by molar-refractivity contribution is 7.89. The van der Waals surface area contributed by atoms with E-state index in [0.29, 0.717) is 32.7 Å². The van der Waals surface area contributed by atoms with Gasteiger partial charge in [-0.1, -0.05) is 30.3 Å². The second kappa shape index (κ2) is 7.89. The van der Waals surface area contributed by atoms with Gasteiger partial charge >= 0.3 is 0 Å². The molecular formula is C15H24N2O3S. The summed E-state index contributed by atoms with van der Waals surface area (Å²) >= 11 is 0. The summed E-state index contributed by atoms with van der Waals surface area (Å²) in [6, 6.07) is 9.72. The quantitative estimate of drug-likeness (QED) is 0.815. The van der Waals surface area contributed by atoms with Gasteiger partial charge in [-0.25, -0.2) is 12.7 Å². The number of nitrogens with two attached hydrogens (primary N) is 1. The van der Waals surface area contributed by atoms with Crippen molar-refractivity contribution in [2.45, 2.75) is 25.4 Å². The van der Waals surface area contributed by atoms with E-state index in [9.17, 15) is 8.42 Å². The van der Waals surface area contributed by atoms with Crippen LogP contribution in [-0.2, 0) is 21.2 Å². The van der Waals surface area contributed by atoms with Crippen molar-refractivity contribution in [1.82, 2.24) is 4.31 Å². The second-order valence-corrected chi connectivity index (χ2v) is 7.40. The first kappa shape index (κ1) is 16.4. The Labute approximate surface area is 127 Å². The number of nitrogens with zero attached hydrogens (tertiary/aromatic N) is 1. The van der Waals surface area contributed by atoms with Crippen LogP contribution in [0.5, 0.6) is 0 Å². The topological polar surface area (TPSA) is 72.6 Å². The normalized spacial score (nSPS) is 18.0. The third-order valence-electron chi connectivity index (χ3n) is 3.76. The second-order valence-electron chi connectivity index (χ2n) is 5.31. The lowest BCUT2D eigenvalue weighted by Crippen LogP contribution is -2.42. The van der Waals surface area contributed by atoms with E-state index < -0.39 is 10.0 Å². The van der Waals surface area contributed by atoms with Crippen LogP contribution in [0, 0.1) is 0 Å². The van der Waals surface area contributed by atoms with Crippen LogP contribution < -0.4 is 5.73 Å². The highest BCUT2D eigenvalue weighted by Gasteiger charge is 2.27. The van der Waals surface area contributed by atoms with Crippen molar-refractivity contribution in [3.63, 3.8) is 0 Å². The van der Waals surface area contributed by atoms with Gasteiger partial charge in [0.2, 0.25) is 10.0 Å². The van der Waals surface area contributed by atoms with Gasteiger partial charge in [-0.3, -0.25) is 0 Å². The zero-order chi connectivity index (χ0) is 15.1. The maximum atomic E-state index is 12.3. The molecule has 1 aliphatic rings. The first-order valence-corrected chi connectivity index (χ1v) is 9.06. The fourth-order valence-corrected chi connectivity index (χ4v) is 4.05. The summed E-state index contributed by atoms with van der Waals surface area (Å²) in [7, 11) is -3.17. The molecule has 118 valence electrons. The van der Waals surface area contributed by atoms with Crippen LogP contribution in [0.4, 0.5) is 0 Å². The van der Waals surface area contributed by atoms with E-state index in [1.165, 1.54) is 0 Å². The van der Waals surface area contributed by atoms with E-state index in [1.807, 2.05) is 30.3 Å². The van der Waals surface area contributed by atoms with Gasteiger partial charge in [0.15, 0.2) is 0 Å². The average Bonchev–Trinajstić information content (AvgIpc) is 2.52. The predicted octanol–water partition coefficient (Wildman–Crippen LogP) is 0.999. The van der Waals surface area contributed by atoms with E-state index in [0.717, 1.165) is 18.4 Å². The van der Waals surface area contributed by atoms with E-state index in [-0.39, 0.29) is 11.9 Å². The summed E-state index contributed by atoms with van der Waals surface area (Å²) in [5.74, 6) is 0.172. The van der Waals surface area contributed by atoms with Crippen LogP contribution in [0.3, 0.4) is 0 Å². The van der Waals surface area contributed by atoms with Gasteiger partial charge in [0.1, 0.15) is 0 Å². The minimum absolute atomic E-state index is 0.147. The number of hydrogen-bond donors (Lipinski definition) is 1. The third-order valence-corrected chi connectivity index (χ3v) is 5.63. The molecule has 0 aliphatic carbocycles. The van der Waals surface area contributed by atoms with E-state index >= 15 is 0 Å². The maximum Gasteiger partial charge on any atom is 0.214 e. The number of ether oxygens (including phenoxy) is 1. The van der Waals surface area contributed by atoms with Crippen LogP contribution in [0.2, 0.25) is 0 Å². The van der Waals surface area contributed by atoms with E-state index in [4.69, 9.17) is 10.5 Å². The Bertz CT molecular complexity index is 511. The van der Waals surface area contributed by atoms with Crippen molar-refractivity contribution in [3.05, 3.63) is 35.9 Å². The average molecular weight is 312 g/mol. The van der Waals surface area contributed by atoms with Gasteiger partial charge in [-0.2, -0.15) is 0 Å². The molecule has 1 aromatic carbocycles. The molecule has 6 heteroatoms. The summed E-state index contributed by atoms with van der Waals surface area (Å²) in [5.41, 5.74) is 6.46. The molecule has 21 heavy (non-hydrogen) atoms. The fourth-order valence-electron chi connectivity index (χ4n) is 2.53. The molecule has 2 rings (SSSR count). The lowest BCUT2D eigenvalue weighted by atomic mass is 10.1. The Morgan fingerprint density at radius 2 is 1.86 bits per heavy atom. The predicted molar refractivity (Wildman–Crippen MR) is 83.5 cm³/mol. The fraction of sp³-hybridized carbons (Fsp3) is 0.600. The number of piperidine rings is 1. The monoisotopic (exact) mass is 312 g/mol. The van der Waals surface area contributed by atoms with Gasteiger partial charge in [-0.05, 0) is 24.8 Å². The third kappa shape index (κ3) is 5.07. The molecule has 0 radical (unpaired) electrons. The Morgan fingerprint density at radius 1 is 1.19 bits per heavy atom. The summed E-state index contributed by atoms with van der Waals surface area (Å²) in [6.45, 7) is 2.15. The Balaban J connectivity index is 1.81. The molecule has 0 amide bonds. The minimum Gasteiger partial charge on any atom is -0.377 e. The molecule has 1 saturated heterocycles. The van der Waals surface area contributed by atoms with Crippen molar-refractivity contribution in [3.8, 4) is 0 Å². The molecule has 0 saturated carbocycles.